The highest BCUT2D eigenvalue weighted by Crippen LogP contribution is 2.32. The van der Waals surface area contributed by atoms with E-state index in [4.69, 9.17) is 9.26 Å². The van der Waals surface area contributed by atoms with Crippen LogP contribution in [0.3, 0.4) is 0 Å². The molecule has 2 aromatic heterocycles. The maximum Gasteiger partial charge on any atom is 0.416 e. The van der Waals surface area contributed by atoms with E-state index in [2.05, 4.69) is 15.2 Å². The van der Waals surface area contributed by atoms with Crippen LogP contribution >= 0.6 is 0 Å². The maximum absolute atomic E-state index is 13.2. The summed E-state index contributed by atoms with van der Waals surface area (Å²) in [4.78, 5) is 17.5. The normalized spacial score (nSPS) is 11.7. The standard InChI is InChI=1S/C25H17F3N4O3/c1-2-34-18-12-10-17(11-13-18)32-24(33)20-9-4-3-8-19(20)21(30-32)23-29-22(31-35-23)15-6-5-7-16(14-15)25(26,27)28/h3-14H,2H2,1H3. The summed E-state index contributed by atoms with van der Waals surface area (Å²) < 4.78 is 51.4. The van der Waals surface area contributed by atoms with Gasteiger partial charge in [0.05, 0.1) is 23.2 Å². The summed E-state index contributed by atoms with van der Waals surface area (Å²) >= 11 is 0. The topological polar surface area (TPSA) is 83.0 Å². The lowest BCUT2D eigenvalue weighted by atomic mass is 10.1. The Morgan fingerprint density at radius 1 is 0.971 bits per heavy atom. The molecule has 0 saturated carbocycles. The van der Waals surface area contributed by atoms with Crippen LogP contribution in [0, 0.1) is 0 Å². The van der Waals surface area contributed by atoms with E-state index in [-0.39, 0.29) is 28.5 Å². The number of nitrogens with zero attached hydrogens (tertiary/aromatic N) is 4. The molecule has 0 saturated heterocycles. The number of benzene rings is 3. The van der Waals surface area contributed by atoms with Gasteiger partial charge in [-0.2, -0.15) is 27.9 Å². The van der Waals surface area contributed by atoms with E-state index in [1.165, 1.54) is 16.8 Å². The fourth-order valence-electron chi connectivity index (χ4n) is 3.64. The highest BCUT2D eigenvalue weighted by atomic mass is 19.4. The molecule has 0 unspecified atom stereocenters. The van der Waals surface area contributed by atoms with Gasteiger partial charge in [0.2, 0.25) is 5.82 Å². The van der Waals surface area contributed by atoms with Crippen molar-refractivity contribution < 1.29 is 22.4 Å². The molecule has 5 rings (SSSR count). The molecule has 0 radical (unpaired) electrons. The van der Waals surface area contributed by atoms with Crippen LogP contribution in [0.15, 0.2) is 82.1 Å². The highest BCUT2D eigenvalue weighted by Gasteiger charge is 2.31. The first kappa shape index (κ1) is 22.3. The summed E-state index contributed by atoms with van der Waals surface area (Å²) in [5, 5.41) is 9.16. The van der Waals surface area contributed by atoms with Crippen molar-refractivity contribution in [3.63, 3.8) is 0 Å². The van der Waals surface area contributed by atoms with Crippen LogP contribution in [-0.4, -0.2) is 26.5 Å². The molecular weight excluding hydrogens is 461 g/mol. The second-order valence-electron chi connectivity index (χ2n) is 7.54. The summed E-state index contributed by atoms with van der Waals surface area (Å²) in [6.45, 7) is 2.37. The molecule has 0 atom stereocenters. The fourth-order valence-corrected chi connectivity index (χ4v) is 3.64. The second-order valence-corrected chi connectivity index (χ2v) is 7.54. The van der Waals surface area contributed by atoms with Gasteiger partial charge in [0.25, 0.3) is 11.4 Å². The zero-order chi connectivity index (χ0) is 24.6. The number of alkyl halides is 3. The molecule has 0 spiro atoms. The number of halogens is 3. The Hall–Kier alpha value is -4.47. The maximum atomic E-state index is 13.2. The van der Waals surface area contributed by atoms with Crippen molar-refractivity contribution >= 4 is 10.8 Å². The lowest BCUT2D eigenvalue weighted by Gasteiger charge is -2.10. The first-order chi connectivity index (χ1) is 16.8. The van der Waals surface area contributed by atoms with E-state index in [9.17, 15) is 18.0 Å². The van der Waals surface area contributed by atoms with E-state index in [0.29, 0.717) is 28.8 Å². The quantitative estimate of drug-likeness (QED) is 0.331. The van der Waals surface area contributed by atoms with E-state index < -0.39 is 11.7 Å². The second kappa shape index (κ2) is 8.71. The Labute approximate surface area is 196 Å². The molecule has 0 amide bonds. The van der Waals surface area contributed by atoms with Gasteiger partial charge in [0, 0.05) is 10.9 Å². The van der Waals surface area contributed by atoms with E-state index in [0.717, 1.165) is 12.1 Å². The molecule has 0 aliphatic heterocycles. The van der Waals surface area contributed by atoms with Gasteiger partial charge in [0.1, 0.15) is 5.75 Å². The van der Waals surface area contributed by atoms with Crippen molar-refractivity contribution in [3.8, 4) is 34.4 Å². The number of rotatable bonds is 5. The van der Waals surface area contributed by atoms with Gasteiger partial charge >= 0.3 is 6.18 Å². The van der Waals surface area contributed by atoms with Crippen LogP contribution in [0.1, 0.15) is 12.5 Å². The molecule has 0 fully saturated rings. The van der Waals surface area contributed by atoms with Crippen molar-refractivity contribution in [2.75, 3.05) is 6.61 Å². The van der Waals surface area contributed by atoms with Crippen LogP contribution in [-0.2, 0) is 6.18 Å². The summed E-state index contributed by atoms with van der Waals surface area (Å²) in [6, 6.07) is 18.3. The number of hydrogen-bond acceptors (Lipinski definition) is 6. The summed E-state index contributed by atoms with van der Waals surface area (Å²) in [5.41, 5.74) is -0.332. The molecular formula is C25H17F3N4O3. The zero-order valence-corrected chi connectivity index (χ0v) is 18.3. The van der Waals surface area contributed by atoms with Crippen LogP contribution in [0.4, 0.5) is 13.2 Å². The lowest BCUT2D eigenvalue weighted by Crippen LogP contribution is -2.22. The monoisotopic (exact) mass is 478 g/mol. The lowest BCUT2D eigenvalue weighted by molar-refractivity contribution is -0.137. The highest BCUT2D eigenvalue weighted by molar-refractivity contribution is 5.92. The van der Waals surface area contributed by atoms with Gasteiger partial charge in [-0.3, -0.25) is 4.79 Å². The molecule has 0 aliphatic carbocycles. The van der Waals surface area contributed by atoms with Crippen LogP contribution < -0.4 is 10.3 Å². The Kier molecular flexibility index (Phi) is 5.56. The molecule has 5 aromatic rings. The smallest absolute Gasteiger partial charge is 0.416 e. The molecule has 10 heteroatoms. The third-order valence-corrected chi connectivity index (χ3v) is 5.27. The van der Waals surface area contributed by atoms with Crippen molar-refractivity contribution in [2.45, 2.75) is 13.1 Å². The van der Waals surface area contributed by atoms with Gasteiger partial charge in [-0.25, -0.2) is 0 Å². The average Bonchev–Trinajstić information content (AvgIpc) is 3.35. The molecule has 7 nitrogen and oxygen atoms in total. The largest absolute Gasteiger partial charge is 0.494 e. The van der Waals surface area contributed by atoms with E-state index in [1.54, 1.807) is 48.5 Å². The van der Waals surface area contributed by atoms with Gasteiger partial charge in [0.15, 0.2) is 5.69 Å². The minimum atomic E-state index is -4.51. The molecule has 35 heavy (non-hydrogen) atoms. The van der Waals surface area contributed by atoms with Crippen LogP contribution in [0.25, 0.3) is 39.4 Å². The van der Waals surface area contributed by atoms with Gasteiger partial charge in [-0.15, -0.1) is 0 Å². The summed E-state index contributed by atoms with van der Waals surface area (Å²) in [7, 11) is 0. The van der Waals surface area contributed by atoms with Crippen molar-refractivity contribution in [3.05, 3.63) is 88.7 Å². The summed E-state index contributed by atoms with van der Waals surface area (Å²) in [6.07, 6.45) is -4.51. The molecule has 176 valence electrons. The predicted octanol–water partition coefficient (Wildman–Crippen LogP) is 5.52. The minimum absolute atomic E-state index is 0.0317. The molecule has 2 heterocycles. The Morgan fingerprint density at radius 2 is 1.71 bits per heavy atom. The van der Waals surface area contributed by atoms with Crippen molar-refractivity contribution in [1.82, 2.24) is 19.9 Å². The Morgan fingerprint density at radius 3 is 2.43 bits per heavy atom. The number of hydrogen-bond donors (Lipinski definition) is 0. The van der Waals surface area contributed by atoms with E-state index >= 15 is 0 Å². The van der Waals surface area contributed by atoms with Crippen LogP contribution in [0.5, 0.6) is 5.75 Å². The first-order valence-electron chi connectivity index (χ1n) is 10.6. The fraction of sp³-hybridized carbons (Fsp3) is 0.120. The molecule has 3 aromatic carbocycles. The van der Waals surface area contributed by atoms with Gasteiger partial charge in [-0.05, 0) is 49.4 Å². The van der Waals surface area contributed by atoms with Crippen molar-refractivity contribution in [2.24, 2.45) is 0 Å². The predicted molar refractivity (Wildman–Crippen MR) is 122 cm³/mol. The molecule has 0 bridgehead atoms. The first-order valence-corrected chi connectivity index (χ1v) is 10.6. The average molecular weight is 478 g/mol. The number of ether oxygens (including phenoxy) is 1. The third kappa shape index (κ3) is 4.25. The molecule has 0 N–H and O–H groups in total. The minimum Gasteiger partial charge on any atom is -0.494 e. The number of fused-ring (bicyclic) bond motifs is 1. The van der Waals surface area contributed by atoms with E-state index in [1.807, 2.05) is 6.92 Å². The van der Waals surface area contributed by atoms with Gasteiger partial charge in [-0.1, -0.05) is 35.5 Å². The zero-order valence-electron chi connectivity index (χ0n) is 18.3. The summed E-state index contributed by atoms with van der Waals surface area (Å²) in [5.74, 6) is 0.581. The number of aromatic nitrogens is 4. The molecule has 0 aliphatic rings. The Bertz CT molecular complexity index is 1570. The third-order valence-electron chi connectivity index (χ3n) is 5.27. The van der Waals surface area contributed by atoms with Gasteiger partial charge < -0.3 is 9.26 Å². The van der Waals surface area contributed by atoms with Crippen LogP contribution in [0.2, 0.25) is 0 Å². The van der Waals surface area contributed by atoms with Crippen molar-refractivity contribution in [1.29, 1.82) is 0 Å². The SMILES string of the molecule is CCOc1ccc(-n2nc(-c3nc(-c4cccc(C(F)(F)F)c4)no3)c3ccccc3c2=O)cc1. The Balaban J connectivity index is 1.63.